The zero-order valence-corrected chi connectivity index (χ0v) is 35.0. The molecule has 4 aromatic rings. The van der Waals surface area contributed by atoms with Crippen LogP contribution in [0, 0.1) is 25.7 Å². The number of anilines is 1. The van der Waals surface area contributed by atoms with Gasteiger partial charge in [-0.05, 0) is 138 Å². The Morgan fingerprint density at radius 3 is 2.13 bits per heavy atom. The van der Waals surface area contributed by atoms with Gasteiger partial charge < -0.3 is 41.0 Å². The third-order valence-corrected chi connectivity index (χ3v) is 11.1. The van der Waals surface area contributed by atoms with Crippen LogP contribution in [0.1, 0.15) is 86.6 Å². The van der Waals surface area contributed by atoms with Gasteiger partial charge >= 0.3 is 12.2 Å². The zero-order chi connectivity index (χ0) is 43.0. The number of benzene rings is 3. The Kier molecular flexibility index (Phi) is 13.9. The van der Waals surface area contributed by atoms with Gasteiger partial charge in [0.25, 0.3) is 5.91 Å². The Morgan fingerprint density at radius 2 is 1.53 bits per heavy atom. The first-order valence-electron chi connectivity index (χ1n) is 20.7. The van der Waals surface area contributed by atoms with E-state index in [2.05, 4.69) is 36.4 Å². The fourth-order valence-electron chi connectivity index (χ4n) is 7.76. The molecule has 0 spiro atoms. The first-order chi connectivity index (χ1) is 28.6. The van der Waals surface area contributed by atoms with Crippen molar-refractivity contribution < 1.29 is 33.8 Å². The predicted molar refractivity (Wildman–Crippen MR) is 227 cm³/mol. The molecule has 6 N–H and O–H groups in total. The van der Waals surface area contributed by atoms with Crippen LogP contribution in [0.25, 0.3) is 22.5 Å². The molecule has 2 heterocycles. The average molecular weight is 821 g/mol. The highest BCUT2D eigenvalue weighted by atomic mass is 16.6. The summed E-state index contributed by atoms with van der Waals surface area (Å²) in [5.74, 6) is 0.581. The Labute approximate surface area is 350 Å². The number of piperidine rings is 1. The van der Waals surface area contributed by atoms with Crippen LogP contribution >= 0.6 is 0 Å². The van der Waals surface area contributed by atoms with E-state index in [-0.39, 0.29) is 42.0 Å². The minimum atomic E-state index is -0.939. The van der Waals surface area contributed by atoms with E-state index in [1.165, 1.54) is 4.90 Å². The lowest BCUT2D eigenvalue weighted by Gasteiger charge is -2.30. The maximum Gasteiger partial charge on any atom is 0.407 e. The van der Waals surface area contributed by atoms with Crippen LogP contribution < -0.4 is 21.3 Å². The number of ether oxygens (including phenoxy) is 1. The fraction of sp³-hybridized carbons (Fsp3) is 0.444. The summed E-state index contributed by atoms with van der Waals surface area (Å²) in [6.45, 7) is 10.5. The lowest BCUT2D eigenvalue weighted by molar-refractivity contribution is -0.130. The maximum atomic E-state index is 13.9. The first kappa shape index (κ1) is 43.3. The normalized spacial score (nSPS) is 17.6. The summed E-state index contributed by atoms with van der Waals surface area (Å²) in [7, 11) is 0. The van der Waals surface area contributed by atoms with E-state index < -0.39 is 23.8 Å². The molecule has 15 heteroatoms. The Hall–Kier alpha value is -6.25. The molecule has 5 amide bonds. The van der Waals surface area contributed by atoms with Crippen LogP contribution in [-0.2, 0) is 20.7 Å². The van der Waals surface area contributed by atoms with Gasteiger partial charge in [0.1, 0.15) is 17.5 Å². The van der Waals surface area contributed by atoms with Crippen molar-refractivity contribution in [2.75, 3.05) is 25.0 Å². The number of H-pyrrole nitrogens is 1. The van der Waals surface area contributed by atoms with E-state index in [0.29, 0.717) is 68.2 Å². The van der Waals surface area contributed by atoms with Gasteiger partial charge in [0, 0.05) is 54.8 Å². The van der Waals surface area contributed by atoms with Crippen molar-refractivity contribution in [1.82, 2.24) is 36.0 Å². The van der Waals surface area contributed by atoms with Crippen molar-refractivity contribution in [3.63, 3.8) is 0 Å². The lowest BCUT2D eigenvalue weighted by atomic mass is 9.81. The van der Waals surface area contributed by atoms with Crippen LogP contribution in [0.4, 0.5) is 15.3 Å². The number of alkyl carbamates (subject to hydrolysis) is 1. The highest BCUT2D eigenvalue weighted by Crippen LogP contribution is 2.30. The molecule has 1 aromatic heterocycles. The summed E-state index contributed by atoms with van der Waals surface area (Å²) < 4.78 is 5.36. The second kappa shape index (κ2) is 19.2. The second-order valence-electron chi connectivity index (χ2n) is 16.9. The summed E-state index contributed by atoms with van der Waals surface area (Å²) in [5, 5.41) is 29.3. The number of hydrogen-bond acceptors (Lipinski definition) is 8. The molecule has 6 rings (SSSR count). The molecule has 3 aromatic carbocycles. The first-order valence-corrected chi connectivity index (χ1v) is 20.7. The van der Waals surface area contributed by atoms with E-state index in [1.54, 1.807) is 18.2 Å². The third-order valence-electron chi connectivity index (χ3n) is 11.1. The van der Waals surface area contributed by atoms with E-state index in [4.69, 9.17) is 4.74 Å². The Balaban J connectivity index is 1.09. The molecule has 1 saturated carbocycles. The quantitative estimate of drug-likeness (QED) is 0.0906. The van der Waals surface area contributed by atoms with Gasteiger partial charge in [-0.3, -0.25) is 14.4 Å². The second-order valence-corrected chi connectivity index (χ2v) is 16.9. The van der Waals surface area contributed by atoms with Gasteiger partial charge in [-0.2, -0.15) is 0 Å². The SMILES string of the molecule is Cc1nnc(-c2ccc(NC(=O)[C@H](Cc3ccc(-c4ccc(C(=O)NC5CCN(C(=O)O)CC5)cc4C)cc3)NC(=O)[C@H]3CC[C@H](CNC(=O)OC(C)(C)C)CC3)cc2)[nH]1. The summed E-state index contributed by atoms with van der Waals surface area (Å²) in [5.41, 5.74) is 5.01. The predicted octanol–water partition coefficient (Wildman–Crippen LogP) is 6.62. The van der Waals surface area contributed by atoms with Gasteiger partial charge in [0.15, 0.2) is 5.82 Å². The molecule has 1 atom stereocenters. The molecule has 15 nitrogen and oxygen atoms in total. The minimum absolute atomic E-state index is 0.0823. The summed E-state index contributed by atoms with van der Waals surface area (Å²) in [4.78, 5) is 68.6. The topological polar surface area (TPSA) is 208 Å². The van der Waals surface area contributed by atoms with Crippen molar-refractivity contribution in [2.24, 2.45) is 11.8 Å². The number of carboxylic acid groups (broad SMARTS) is 1. The molecule has 60 heavy (non-hydrogen) atoms. The number of carbonyl (C=O) groups is 5. The number of nitrogens with one attached hydrogen (secondary N) is 5. The van der Waals surface area contributed by atoms with Gasteiger partial charge in [-0.1, -0.05) is 30.3 Å². The van der Waals surface area contributed by atoms with E-state index in [0.717, 1.165) is 40.7 Å². The molecule has 0 bridgehead atoms. The smallest absolute Gasteiger partial charge is 0.407 e. The molecule has 2 aliphatic rings. The number of amides is 5. The molecule has 0 radical (unpaired) electrons. The number of hydrogen-bond donors (Lipinski definition) is 6. The van der Waals surface area contributed by atoms with Crippen LogP contribution in [-0.4, -0.2) is 92.4 Å². The molecule has 1 saturated heterocycles. The van der Waals surface area contributed by atoms with Gasteiger partial charge in [-0.15, -0.1) is 10.2 Å². The van der Waals surface area contributed by atoms with Crippen molar-refractivity contribution in [2.45, 2.75) is 97.2 Å². The van der Waals surface area contributed by atoms with E-state index >= 15 is 0 Å². The fourth-order valence-corrected chi connectivity index (χ4v) is 7.76. The van der Waals surface area contributed by atoms with E-state index in [1.807, 2.05) is 83.1 Å². The molecule has 2 fully saturated rings. The van der Waals surface area contributed by atoms with Gasteiger partial charge in [0.2, 0.25) is 11.8 Å². The Bertz CT molecular complexity index is 2150. The number of rotatable bonds is 12. The monoisotopic (exact) mass is 820 g/mol. The highest BCUT2D eigenvalue weighted by molar-refractivity contribution is 5.98. The molecule has 1 aliphatic carbocycles. The van der Waals surface area contributed by atoms with Crippen molar-refractivity contribution in [1.29, 1.82) is 0 Å². The largest absolute Gasteiger partial charge is 0.465 e. The summed E-state index contributed by atoms with van der Waals surface area (Å²) in [6, 6.07) is 19.7. The maximum absolute atomic E-state index is 13.9. The number of aromatic amines is 1. The van der Waals surface area contributed by atoms with Crippen LogP contribution in [0.3, 0.4) is 0 Å². The number of likely N-dealkylation sites (tertiary alicyclic amines) is 1. The van der Waals surface area contributed by atoms with Crippen molar-refractivity contribution in [3.8, 4) is 22.5 Å². The molecular weight excluding hydrogens is 765 g/mol. The van der Waals surface area contributed by atoms with Crippen LogP contribution in [0.2, 0.25) is 0 Å². The molecule has 1 aliphatic heterocycles. The Morgan fingerprint density at radius 1 is 0.867 bits per heavy atom. The highest BCUT2D eigenvalue weighted by Gasteiger charge is 2.31. The number of aryl methyl sites for hydroxylation is 2. The lowest BCUT2D eigenvalue weighted by Crippen LogP contribution is -2.48. The van der Waals surface area contributed by atoms with Gasteiger partial charge in [-0.25, -0.2) is 9.59 Å². The standard InChI is InChI=1S/C45H56N8O7/c1-27-24-34(41(55)48-36-20-22-53(23-21-36)44(58)59)16-19-37(27)31-10-6-29(7-11-31)25-38(42(56)49-35-17-14-32(15-18-35)39-47-28(2)51-52-39)50-40(54)33-12-8-30(9-13-33)26-46-43(57)60-45(3,4)5/h6-7,10-11,14-19,24,30,33,36,38H,8-9,12-13,20-23,25-26H2,1-5H3,(H,46,57)(H,48,55)(H,49,56)(H,50,54)(H,58,59)(H,47,51,52)/t30-,33-,38-/m0/s1. The van der Waals surface area contributed by atoms with Crippen LogP contribution in [0.5, 0.6) is 0 Å². The molecule has 318 valence electrons. The summed E-state index contributed by atoms with van der Waals surface area (Å²) in [6.07, 6.45) is 2.83. The minimum Gasteiger partial charge on any atom is -0.465 e. The average Bonchev–Trinajstić information content (AvgIpc) is 3.66. The molecule has 0 unspecified atom stereocenters. The summed E-state index contributed by atoms with van der Waals surface area (Å²) >= 11 is 0. The number of carbonyl (C=O) groups excluding carboxylic acids is 4. The van der Waals surface area contributed by atoms with Crippen molar-refractivity contribution in [3.05, 3.63) is 89.2 Å². The van der Waals surface area contributed by atoms with Crippen molar-refractivity contribution >= 4 is 35.6 Å². The molecular formula is C45H56N8O7. The zero-order valence-electron chi connectivity index (χ0n) is 35.0. The number of nitrogens with zero attached hydrogens (tertiary/aromatic N) is 3. The third kappa shape index (κ3) is 11.9. The number of aromatic nitrogens is 3. The van der Waals surface area contributed by atoms with E-state index in [9.17, 15) is 29.1 Å². The van der Waals surface area contributed by atoms with Crippen LogP contribution in [0.15, 0.2) is 66.7 Å². The van der Waals surface area contributed by atoms with Gasteiger partial charge in [0.05, 0.1) is 0 Å².